The molecule has 0 saturated heterocycles. The first-order chi connectivity index (χ1) is 10.5. The van der Waals surface area contributed by atoms with Gasteiger partial charge in [0, 0.05) is 18.7 Å². The smallest absolute Gasteiger partial charge is 0.269 e. The van der Waals surface area contributed by atoms with Crippen molar-refractivity contribution < 1.29 is 13.3 Å². The number of aryl methyl sites for hydroxylation is 1. The average Bonchev–Trinajstić information content (AvgIpc) is 2.54. The number of nitro groups is 1. The monoisotopic (exact) mass is 324 g/mol. The van der Waals surface area contributed by atoms with Crippen LogP contribution in [0.15, 0.2) is 18.2 Å². The quantitative estimate of drug-likeness (QED) is 0.632. The molecule has 0 unspecified atom stereocenters. The van der Waals surface area contributed by atoms with Crippen LogP contribution in [0.4, 0.5) is 11.4 Å². The number of hydrogen-bond acceptors (Lipinski definition) is 4. The SMILES string of the molecule is O=[N+]([O-])c1ccc2c(c1)N(S(=O)(=O)C1CCCCC1)CCC2. The lowest BCUT2D eigenvalue weighted by Gasteiger charge is -2.34. The van der Waals surface area contributed by atoms with E-state index in [0.29, 0.717) is 25.1 Å². The van der Waals surface area contributed by atoms with Crippen LogP contribution in [-0.2, 0) is 16.4 Å². The first-order valence-electron chi connectivity index (χ1n) is 7.79. The fourth-order valence-electron chi connectivity index (χ4n) is 3.45. The molecule has 6 nitrogen and oxygen atoms in total. The summed E-state index contributed by atoms with van der Waals surface area (Å²) in [6.07, 6.45) is 5.90. The van der Waals surface area contributed by atoms with E-state index in [1.165, 1.54) is 16.4 Å². The van der Waals surface area contributed by atoms with Gasteiger partial charge < -0.3 is 0 Å². The highest BCUT2D eigenvalue weighted by Crippen LogP contribution is 2.36. The normalized spacial score (nSPS) is 19.7. The Morgan fingerprint density at radius 2 is 1.86 bits per heavy atom. The lowest BCUT2D eigenvalue weighted by molar-refractivity contribution is -0.384. The van der Waals surface area contributed by atoms with E-state index in [1.807, 2.05) is 0 Å². The van der Waals surface area contributed by atoms with E-state index < -0.39 is 14.9 Å². The largest absolute Gasteiger partial charge is 0.271 e. The molecule has 0 radical (unpaired) electrons. The molecule has 3 rings (SSSR count). The van der Waals surface area contributed by atoms with E-state index in [-0.39, 0.29) is 10.9 Å². The molecule has 0 aromatic heterocycles. The Kier molecular flexibility index (Phi) is 4.08. The summed E-state index contributed by atoms with van der Waals surface area (Å²) >= 11 is 0. The molecule has 1 aromatic rings. The van der Waals surface area contributed by atoms with Crippen LogP contribution in [0.3, 0.4) is 0 Å². The highest BCUT2D eigenvalue weighted by atomic mass is 32.2. The van der Waals surface area contributed by atoms with Gasteiger partial charge in [-0.2, -0.15) is 0 Å². The Hall–Kier alpha value is -1.63. The van der Waals surface area contributed by atoms with Crippen molar-refractivity contribution >= 4 is 21.4 Å². The second-order valence-corrected chi connectivity index (χ2v) is 8.19. The van der Waals surface area contributed by atoms with Crippen molar-refractivity contribution in [2.45, 2.75) is 50.2 Å². The van der Waals surface area contributed by atoms with Crippen molar-refractivity contribution in [1.29, 1.82) is 0 Å². The van der Waals surface area contributed by atoms with Gasteiger partial charge in [-0.15, -0.1) is 0 Å². The van der Waals surface area contributed by atoms with Gasteiger partial charge >= 0.3 is 0 Å². The highest BCUT2D eigenvalue weighted by molar-refractivity contribution is 7.93. The van der Waals surface area contributed by atoms with E-state index in [0.717, 1.165) is 37.7 Å². The predicted octanol–water partition coefficient (Wildman–Crippen LogP) is 3.01. The van der Waals surface area contributed by atoms with Crippen LogP contribution >= 0.6 is 0 Å². The van der Waals surface area contributed by atoms with E-state index in [4.69, 9.17) is 0 Å². The summed E-state index contributed by atoms with van der Waals surface area (Å²) in [6, 6.07) is 4.56. The van der Waals surface area contributed by atoms with Gasteiger partial charge in [0.05, 0.1) is 15.9 Å². The molecule has 22 heavy (non-hydrogen) atoms. The third kappa shape index (κ3) is 2.69. The molecule has 7 heteroatoms. The molecule has 0 atom stereocenters. The Morgan fingerprint density at radius 1 is 1.14 bits per heavy atom. The summed E-state index contributed by atoms with van der Waals surface area (Å²) < 4.78 is 27.3. The van der Waals surface area contributed by atoms with Crippen molar-refractivity contribution in [3.63, 3.8) is 0 Å². The molecule has 1 saturated carbocycles. The van der Waals surface area contributed by atoms with Crippen LogP contribution < -0.4 is 4.31 Å². The maximum absolute atomic E-state index is 12.9. The van der Waals surface area contributed by atoms with Gasteiger partial charge in [-0.25, -0.2) is 8.42 Å². The molecule has 1 aromatic carbocycles. The fraction of sp³-hybridized carbons (Fsp3) is 0.600. The van der Waals surface area contributed by atoms with Crippen molar-refractivity contribution in [3.05, 3.63) is 33.9 Å². The zero-order valence-corrected chi connectivity index (χ0v) is 13.2. The Morgan fingerprint density at radius 3 is 2.55 bits per heavy atom. The number of anilines is 1. The standard InChI is InChI=1S/C15H20N2O4S/c18-17(19)13-9-8-12-5-4-10-16(15(12)11-13)22(20,21)14-6-2-1-3-7-14/h8-9,11,14H,1-7,10H2. The van der Waals surface area contributed by atoms with Gasteiger partial charge in [-0.1, -0.05) is 25.3 Å². The summed E-state index contributed by atoms with van der Waals surface area (Å²) in [4.78, 5) is 10.5. The Labute approximate surface area is 130 Å². The summed E-state index contributed by atoms with van der Waals surface area (Å²) in [7, 11) is -3.43. The van der Waals surface area contributed by atoms with Gasteiger partial charge in [-0.05, 0) is 31.2 Å². The van der Waals surface area contributed by atoms with Gasteiger partial charge in [0.15, 0.2) is 0 Å². The number of nitrogens with zero attached hydrogens (tertiary/aromatic N) is 2. The third-order valence-corrected chi connectivity index (χ3v) is 6.94. The van der Waals surface area contributed by atoms with Crippen LogP contribution in [-0.4, -0.2) is 25.1 Å². The first-order valence-corrected chi connectivity index (χ1v) is 9.29. The number of sulfonamides is 1. The molecule has 120 valence electrons. The second kappa shape index (κ2) is 5.87. The molecule has 1 aliphatic carbocycles. The average molecular weight is 324 g/mol. The third-order valence-electron chi connectivity index (χ3n) is 4.64. The van der Waals surface area contributed by atoms with Crippen LogP contribution in [0, 0.1) is 10.1 Å². The topological polar surface area (TPSA) is 80.5 Å². The van der Waals surface area contributed by atoms with Crippen LogP contribution in [0.25, 0.3) is 0 Å². The zero-order valence-electron chi connectivity index (χ0n) is 12.4. The molecular formula is C15H20N2O4S. The van der Waals surface area contributed by atoms with Crippen molar-refractivity contribution in [2.24, 2.45) is 0 Å². The minimum absolute atomic E-state index is 0.0514. The Balaban J connectivity index is 1.99. The first kappa shape index (κ1) is 15.3. The number of fused-ring (bicyclic) bond motifs is 1. The second-order valence-electron chi connectivity index (χ2n) is 6.05. The van der Waals surface area contributed by atoms with Crippen LogP contribution in [0.2, 0.25) is 0 Å². The molecule has 2 aliphatic rings. The van der Waals surface area contributed by atoms with Crippen molar-refractivity contribution in [1.82, 2.24) is 0 Å². The van der Waals surface area contributed by atoms with E-state index in [1.54, 1.807) is 6.07 Å². The summed E-state index contributed by atoms with van der Waals surface area (Å²) in [5.41, 5.74) is 1.34. The fourth-order valence-corrected chi connectivity index (χ4v) is 5.57. The molecule has 0 bridgehead atoms. The predicted molar refractivity (Wildman–Crippen MR) is 84.6 cm³/mol. The summed E-state index contributed by atoms with van der Waals surface area (Å²) in [6.45, 7) is 0.424. The highest BCUT2D eigenvalue weighted by Gasteiger charge is 2.35. The number of nitro benzene ring substituents is 1. The van der Waals surface area contributed by atoms with E-state index in [2.05, 4.69) is 0 Å². The number of benzene rings is 1. The van der Waals surface area contributed by atoms with E-state index >= 15 is 0 Å². The Bertz CT molecular complexity index is 681. The lowest BCUT2D eigenvalue weighted by atomic mass is 10.0. The molecular weight excluding hydrogens is 304 g/mol. The number of non-ortho nitro benzene ring substituents is 1. The zero-order chi connectivity index (χ0) is 15.7. The number of rotatable bonds is 3. The van der Waals surface area contributed by atoms with E-state index in [9.17, 15) is 18.5 Å². The van der Waals surface area contributed by atoms with Gasteiger partial charge in [0.2, 0.25) is 10.0 Å². The summed E-state index contributed by atoms with van der Waals surface area (Å²) in [5.74, 6) is 0. The maximum Gasteiger partial charge on any atom is 0.271 e. The molecule has 0 amide bonds. The number of hydrogen-bond donors (Lipinski definition) is 0. The molecule has 0 spiro atoms. The van der Waals surface area contributed by atoms with Crippen LogP contribution in [0.1, 0.15) is 44.1 Å². The van der Waals surface area contributed by atoms with Gasteiger partial charge in [0.25, 0.3) is 5.69 Å². The van der Waals surface area contributed by atoms with Crippen molar-refractivity contribution in [2.75, 3.05) is 10.8 Å². The van der Waals surface area contributed by atoms with Gasteiger partial charge in [0.1, 0.15) is 0 Å². The summed E-state index contributed by atoms with van der Waals surface area (Å²) in [5, 5.41) is 10.6. The molecule has 0 N–H and O–H groups in total. The molecule has 1 heterocycles. The van der Waals surface area contributed by atoms with Crippen LogP contribution in [0.5, 0.6) is 0 Å². The minimum Gasteiger partial charge on any atom is -0.269 e. The minimum atomic E-state index is -3.43. The van der Waals surface area contributed by atoms with Gasteiger partial charge in [-0.3, -0.25) is 14.4 Å². The van der Waals surface area contributed by atoms with Crippen molar-refractivity contribution in [3.8, 4) is 0 Å². The molecule has 1 fully saturated rings. The lowest BCUT2D eigenvalue weighted by Crippen LogP contribution is -2.42. The maximum atomic E-state index is 12.9. The molecule has 1 aliphatic heterocycles.